The zero-order valence-corrected chi connectivity index (χ0v) is 18.0. The Balaban J connectivity index is 1.74. The first-order chi connectivity index (χ1) is 13.6. The van der Waals surface area contributed by atoms with Crippen LogP contribution in [0.1, 0.15) is 102 Å². The normalized spacial score (nSPS) is 20.9. The zero-order chi connectivity index (χ0) is 19.9. The maximum absolute atomic E-state index is 14.9. The van der Waals surface area contributed by atoms with E-state index in [0.29, 0.717) is 11.8 Å². The molecule has 0 radical (unpaired) electrons. The van der Waals surface area contributed by atoms with Gasteiger partial charge in [-0.2, -0.15) is 0 Å². The fraction of sp³-hybridized carbons (Fsp3) is 0.556. The monoisotopic (exact) mass is 380 g/mol. The molecule has 1 heteroatoms. The van der Waals surface area contributed by atoms with E-state index in [-0.39, 0.29) is 5.82 Å². The fourth-order valence-corrected chi connectivity index (χ4v) is 4.82. The first-order valence-corrected chi connectivity index (χ1v) is 11.5. The predicted molar refractivity (Wildman–Crippen MR) is 119 cm³/mol. The van der Waals surface area contributed by atoms with Crippen LogP contribution in [-0.4, -0.2) is 0 Å². The van der Waals surface area contributed by atoms with E-state index in [0.717, 1.165) is 17.0 Å². The van der Waals surface area contributed by atoms with Gasteiger partial charge in [-0.25, -0.2) is 4.39 Å². The predicted octanol–water partition coefficient (Wildman–Crippen LogP) is 8.86. The van der Waals surface area contributed by atoms with Crippen LogP contribution in [0.4, 0.5) is 4.39 Å². The summed E-state index contributed by atoms with van der Waals surface area (Å²) in [6, 6.07) is 14.6. The van der Waals surface area contributed by atoms with Crippen molar-refractivity contribution < 1.29 is 4.39 Å². The summed E-state index contributed by atoms with van der Waals surface area (Å²) in [6.07, 6.45) is 11.2. The summed E-state index contributed by atoms with van der Waals surface area (Å²) in [7, 11) is 0. The third-order valence-electron chi connectivity index (χ3n) is 6.72. The van der Waals surface area contributed by atoms with Crippen LogP contribution in [0.2, 0.25) is 0 Å². The lowest BCUT2D eigenvalue weighted by atomic mass is 9.79. The Hall–Kier alpha value is -1.63. The standard InChI is InChI=1S/C27H37F/c1-4-6-8-21(7-5-2)22-13-15-24(16-14-22)26-18-17-25(19-27(26)28)23-11-9-20(3)10-12-23/h13-21,23H,4-12H2,1-3H3. The molecule has 1 aliphatic rings. The van der Waals surface area contributed by atoms with Crippen LogP contribution in [0.3, 0.4) is 0 Å². The van der Waals surface area contributed by atoms with Gasteiger partial charge in [-0.1, -0.05) is 89.3 Å². The molecule has 152 valence electrons. The maximum Gasteiger partial charge on any atom is 0.131 e. The van der Waals surface area contributed by atoms with Gasteiger partial charge in [0.15, 0.2) is 0 Å². The van der Waals surface area contributed by atoms with Gasteiger partial charge in [0.1, 0.15) is 5.82 Å². The Labute approximate surface area is 171 Å². The van der Waals surface area contributed by atoms with Crippen LogP contribution in [0.25, 0.3) is 11.1 Å². The van der Waals surface area contributed by atoms with Crippen molar-refractivity contribution in [3.63, 3.8) is 0 Å². The van der Waals surface area contributed by atoms with Crippen molar-refractivity contribution in [2.24, 2.45) is 5.92 Å². The Morgan fingerprint density at radius 2 is 1.61 bits per heavy atom. The van der Waals surface area contributed by atoms with Gasteiger partial charge in [0, 0.05) is 5.56 Å². The Morgan fingerprint density at radius 3 is 2.21 bits per heavy atom. The molecule has 0 aromatic heterocycles. The lowest BCUT2D eigenvalue weighted by Gasteiger charge is -2.26. The van der Waals surface area contributed by atoms with Crippen LogP contribution < -0.4 is 0 Å². The van der Waals surface area contributed by atoms with Gasteiger partial charge >= 0.3 is 0 Å². The lowest BCUT2D eigenvalue weighted by molar-refractivity contribution is 0.347. The molecule has 1 unspecified atom stereocenters. The molecular weight excluding hydrogens is 343 g/mol. The molecule has 1 saturated carbocycles. The largest absolute Gasteiger partial charge is 0.206 e. The summed E-state index contributed by atoms with van der Waals surface area (Å²) in [5, 5.41) is 0. The van der Waals surface area contributed by atoms with Gasteiger partial charge < -0.3 is 0 Å². The number of hydrogen-bond donors (Lipinski definition) is 0. The second-order valence-electron chi connectivity index (χ2n) is 8.95. The molecule has 2 aromatic carbocycles. The molecule has 0 amide bonds. The van der Waals surface area contributed by atoms with Gasteiger partial charge in [-0.05, 0) is 66.2 Å². The molecule has 0 bridgehead atoms. The quantitative estimate of drug-likeness (QED) is 0.429. The molecule has 0 saturated heterocycles. The highest BCUT2D eigenvalue weighted by Crippen LogP contribution is 2.37. The van der Waals surface area contributed by atoms with E-state index >= 15 is 0 Å². The summed E-state index contributed by atoms with van der Waals surface area (Å²) < 4.78 is 14.9. The Kier molecular flexibility index (Phi) is 7.71. The third-order valence-corrected chi connectivity index (χ3v) is 6.72. The summed E-state index contributed by atoms with van der Waals surface area (Å²) >= 11 is 0. The van der Waals surface area contributed by atoms with Crippen LogP contribution >= 0.6 is 0 Å². The number of rotatable bonds is 8. The average Bonchev–Trinajstić information content (AvgIpc) is 2.72. The Morgan fingerprint density at radius 1 is 0.893 bits per heavy atom. The number of hydrogen-bond acceptors (Lipinski definition) is 0. The topological polar surface area (TPSA) is 0 Å². The maximum atomic E-state index is 14.9. The minimum Gasteiger partial charge on any atom is -0.206 e. The van der Waals surface area contributed by atoms with E-state index in [1.54, 1.807) is 6.07 Å². The minimum absolute atomic E-state index is 0.0695. The van der Waals surface area contributed by atoms with E-state index in [1.807, 2.05) is 6.07 Å². The summed E-state index contributed by atoms with van der Waals surface area (Å²) in [4.78, 5) is 0. The second-order valence-corrected chi connectivity index (χ2v) is 8.95. The van der Waals surface area contributed by atoms with E-state index < -0.39 is 0 Å². The van der Waals surface area contributed by atoms with E-state index in [4.69, 9.17) is 0 Å². The number of unbranched alkanes of at least 4 members (excludes halogenated alkanes) is 1. The summed E-state index contributed by atoms with van der Waals surface area (Å²) in [5.74, 6) is 1.93. The van der Waals surface area contributed by atoms with Crippen LogP contribution in [0, 0.1) is 11.7 Å². The van der Waals surface area contributed by atoms with Gasteiger partial charge in [0.25, 0.3) is 0 Å². The lowest BCUT2D eigenvalue weighted by Crippen LogP contribution is -2.11. The van der Waals surface area contributed by atoms with Crippen molar-refractivity contribution in [2.75, 3.05) is 0 Å². The molecule has 0 heterocycles. The number of halogens is 1. The first-order valence-electron chi connectivity index (χ1n) is 11.5. The highest BCUT2D eigenvalue weighted by Gasteiger charge is 2.21. The van der Waals surface area contributed by atoms with Crippen LogP contribution in [-0.2, 0) is 0 Å². The minimum atomic E-state index is -0.0695. The molecule has 0 nitrogen and oxygen atoms in total. The van der Waals surface area contributed by atoms with Crippen molar-refractivity contribution in [1.82, 2.24) is 0 Å². The molecule has 3 rings (SSSR count). The molecule has 0 aliphatic heterocycles. The van der Waals surface area contributed by atoms with Gasteiger partial charge in [-0.15, -0.1) is 0 Å². The molecule has 1 aliphatic carbocycles. The van der Waals surface area contributed by atoms with Gasteiger partial charge in [0.2, 0.25) is 0 Å². The van der Waals surface area contributed by atoms with Crippen molar-refractivity contribution in [2.45, 2.75) is 90.4 Å². The smallest absolute Gasteiger partial charge is 0.131 e. The highest BCUT2D eigenvalue weighted by atomic mass is 19.1. The highest BCUT2D eigenvalue weighted by molar-refractivity contribution is 5.65. The SMILES string of the molecule is CCCCC(CCC)c1ccc(-c2ccc(C3CCC(C)CC3)cc2F)cc1. The first kappa shape index (κ1) is 21.1. The second kappa shape index (κ2) is 10.2. The number of benzene rings is 2. The van der Waals surface area contributed by atoms with Crippen molar-refractivity contribution >= 4 is 0 Å². The summed E-state index contributed by atoms with van der Waals surface area (Å²) in [5.41, 5.74) is 4.33. The van der Waals surface area contributed by atoms with Crippen LogP contribution in [0.15, 0.2) is 42.5 Å². The van der Waals surface area contributed by atoms with E-state index in [1.165, 1.54) is 68.9 Å². The van der Waals surface area contributed by atoms with Crippen LogP contribution in [0.5, 0.6) is 0 Å². The summed E-state index contributed by atoms with van der Waals surface area (Å²) in [6.45, 7) is 6.85. The Bertz CT molecular complexity index is 722. The molecule has 1 fully saturated rings. The molecule has 28 heavy (non-hydrogen) atoms. The van der Waals surface area contributed by atoms with Crippen molar-refractivity contribution in [3.05, 3.63) is 59.4 Å². The average molecular weight is 381 g/mol. The zero-order valence-electron chi connectivity index (χ0n) is 18.0. The third kappa shape index (κ3) is 5.25. The molecule has 0 N–H and O–H groups in total. The van der Waals surface area contributed by atoms with E-state index in [9.17, 15) is 4.39 Å². The molecular formula is C27H37F. The van der Waals surface area contributed by atoms with Gasteiger partial charge in [0.05, 0.1) is 0 Å². The van der Waals surface area contributed by atoms with E-state index in [2.05, 4.69) is 51.1 Å². The van der Waals surface area contributed by atoms with Gasteiger partial charge in [-0.3, -0.25) is 0 Å². The molecule has 1 atom stereocenters. The molecule has 2 aromatic rings. The molecule has 0 spiro atoms. The van der Waals surface area contributed by atoms with Crippen molar-refractivity contribution in [1.29, 1.82) is 0 Å². The van der Waals surface area contributed by atoms with Crippen molar-refractivity contribution in [3.8, 4) is 11.1 Å². The fourth-order valence-electron chi connectivity index (χ4n) is 4.82.